The number of aryl methyl sites for hydroxylation is 2. The van der Waals surface area contributed by atoms with Crippen LogP contribution in [0, 0.1) is 6.92 Å². The lowest BCUT2D eigenvalue weighted by Crippen LogP contribution is -2.17. The first-order valence-electron chi connectivity index (χ1n) is 6.42. The SMILES string of the molecule is CNC(CCc1cccnc1)c1cccc(C)c1. The van der Waals surface area contributed by atoms with E-state index < -0.39 is 0 Å². The van der Waals surface area contributed by atoms with E-state index in [-0.39, 0.29) is 0 Å². The molecule has 1 atom stereocenters. The topological polar surface area (TPSA) is 24.9 Å². The number of nitrogens with zero attached hydrogens (tertiary/aromatic N) is 1. The van der Waals surface area contributed by atoms with Crippen LogP contribution in [0.1, 0.15) is 29.2 Å². The van der Waals surface area contributed by atoms with Crippen molar-refractivity contribution in [1.82, 2.24) is 10.3 Å². The predicted octanol–water partition coefficient (Wildman–Crippen LogP) is 3.28. The third-order valence-electron chi connectivity index (χ3n) is 3.24. The summed E-state index contributed by atoms with van der Waals surface area (Å²) >= 11 is 0. The van der Waals surface area contributed by atoms with Gasteiger partial charge in [-0.05, 0) is 44.0 Å². The normalized spacial score (nSPS) is 12.3. The van der Waals surface area contributed by atoms with Crippen molar-refractivity contribution in [3.05, 3.63) is 65.5 Å². The van der Waals surface area contributed by atoms with Crippen LogP contribution in [-0.4, -0.2) is 12.0 Å². The highest BCUT2D eigenvalue weighted by molar-refractivity contribution is 5.25. The van der Waals surface area contributed by atoms with Gasteiger partial charge in [0.1, 0.15) is 0 Å². The fourth-order valence-electron chi connectivity index (χ4n) is 2.22. The number of benzene rings is 1. The molecule has 0 fully saturated rings. The van der Waals surface area contributed by atoms with Crippen molar-refractivity contribution in [2.75, 3.05) is 7.05 Å². The number of rotatable bonds is 5. The van der Waals surface area contributed by atoms with Gasteiger partial charge in [0.25, 0.3) is 0 Å². The Kier molecular flexibility index (Phi) is 4.48. The first-order chi connectivity index (χ1) is 8.79. The zero-order chi connectivity index (χ0) is 12.8. The maximum absolute atomic E-state index is 4.15. The Morgan fingerprint density at radius 2 is 2.11 bits per heavy atom. The van der Waals surface area contributed by atoms with Gasteiger partial charge in [-0.3, -0.25) is 4.98 Å². The summed E-state index contributed by atoms with van der Waals surface area (Å²) in [5, 5.41) is 3.40. The summed E-state index contributed by atoms with van der Waals surface area (Å²) in [6, 6.07) is 13.2. The minimum Gasteiger partial charge on any atom is -0.313 e. The maximum Gasteiger partial charge on any atom is 0.0320 e. The van der Waals surface area contributed by atoms with E-state index in [2.05, 4.69) is 47.6 Å². The summed E-state index contributed by atoms with van der Waals surface area (Å²) in [7, 11) is 2.02. The largest absolute Gasteiger partial charge is 0.313 e. The third-order valence-corrected chi connectivity index (χ3v) is 3.24. The van der Waals surface area contributed by atoms with Crippen molar-refractivity contribution < 1.29 is 0 Å². The Morgan fingerprint density at radius 1 is 1.22 bits per heavy atom. The monoisotopic (exact) mass is 240 g/mol. The Morgan fingerprint density at radius 3 is 2.78 bits per heavy atom. The van der Waals surface area contributed by atoms with Gasteiger partial charge in [-0.1, -0.05) is 35.9 Å². The van der Waals surface area contributed by atoms with Crippen LogP contribution in [0.4, 0.5) is 0 Å². The molecule has 0 amide bonds. The first kappa shape index (κ1) is 12.8. The standard InChI is InChI=1S/C16H20N2/c1-13-5-3-7-15(11-13)16(17-2)9-8-14-6-4-10-18-12-14/h3-7,10-12,16-17H,8-9H2,1-2H3. The van der Waals surface area contributed by atoms with E-state index in [1.165, 1.54) is 16.7 Å². The number of nitrogens with one attached hydrogen (secondary N) is 1. The summed E-state index contributed by atoms with van der Waals surface area (Å²) in [5.41, 5.74) is 3.97. The van der Waals surface area contributed by atoms with E-state index in [9.17, 15) is 0 Å². The Labute approximate surface area is 109 Å². The molecule has 1 aromatic heterocycles. The van der Waals surface area contributed by atoms with Crippen molar-refractivity contribution in [3.63, 3.8) is 0 Å². The van der Waals surface area contributed by atoms with Gasteiger partial charge in [-0.2, -0.15) is 0 Å². The molecule has 2 nitrogen and oxygen atoms in total. The molecule has 0 aliphatic carbocycles. The molecule has 0 saturated carbocycles. The fraction of sp³-hybridized carbons (Fsp3) is 0.312. The lowest BCUT2D eigenvalue weighted by Gasteiger charge is -2.17. The van der Waals surface area contributed by atoms with Gasteiger partial charge in [0.05, 0.1) is 0 Å². The molecule has 0 bridgehead atoms. The van der Waals surface area contributed by atoms with Crippen LogP contribution in [0.25, 0.3) is 0 Å². The quantitative estimate of drug-likeness (QED) is 0.867. The lowest BCUT2D eigenvalue weighted by atomic mass is 9.98. The molecule has 0 saturated heterocycles. The zero-order valence-corrected chi connectivity index (χ0v) is 11.1. The van der Waals surface area contributed by atoms with Gasteiger partial charge in [0.15, 0.2) is 0 Å². The second-order valence-corrected chi connectivity index (χ2v) is 4.66. The van der Waals surface area contributed by atoms with Gasteiger partial charge in [-0.15, -0.1) is 0 Å². The minimum absolute atomic E-state index is 0.408. The second kappa shape index (κ2) is 6.31. The molecule has 1 heterocycles. The van der Waals surface area contributed by atoms with Crippen LogP contribution in [0.15, 0.2) is 48.8 Å². The van der Waals surface area contributed by atoms with Gasteiger partial charge in [-0.25, -0.2) is 0 Å². The summed E-state index contributed by atoms with van der Waals surface area (Å²) in [6.07, 6.45) is 5.90. The van der Waals surface area contributed by atoms with Gasteiger partial charge in [0, 0.05) is 18.4 Å². The van der Waals surface area contributed by atoms with Crippen molar-refractivity contribution in [1.29, 1.82) is 0 Å². The molecule has 18 heavy (non-hydrogen) atoms. The first-order valence-corrected chi connectivity index (χ1v) is 6.42. The van der Waals surface area contributed by atoms with E-state index in [4.69, 9.17) is 0 Å². The van der Waals surface area contributed by atoms with Crippen LogP contribution in [-0.2, 0) is 6.42 Å². The molecular formula is C16H20N2. The molecule has 0 aliphatic rings. The highest BCUT2D eigenvalue weighted by Gasteiger charge is 2.09. The summed E-state index contributed by atoms with van der Waals surface area (Å²) in [5.74, 6) is 0. The van der Waals surface area contributed by atoms with Gasteiger partial charge < -0.3 is 5.32 Å². The molecule has 2 heteroatoms. The molecule has 1 aromatic carbocycles. The molecule has 2 aromatic rings. The highest BCUT2D eigenvalue weighted by Crippen LogP contribution is 2.19. The van der Waals surface area contributed by atoms with E-state index in [1.807, 2.05) is 25.5 Å². The van der Waals surface area contributed by atoms with Crippen LogP contribution in [0.2, 0.25) is 0 Å². The van der Waals surface area contributed by atoms with Crippen LogP contribution >= 0.6 is 0 Å². The van der Waals surface area contributed by atoms with Crippen molar-refractivity contribution in [2.24, 2.45) is 0 Å². The number of hydrogen-bond donors (Lipinski definition) is 1. The smallest absolute Gasteiger partial charge is 0.0320 e. The summed E-state index contributed by atoms with van der Waals surface area (Å²) in [6.45, 7) is 2.14. The predicted molar refractivity (Wildman–Crippen MR) is 75.5 cm³/mol. The molecular weight excluding hydrogens is 220 g/mol. The van der Waals surface area contributed by atoms with Crippen LogP contribution in [0.3, 0.4) is 0 Å². The van der Waals surface area contributed by atoms with Crippen LogP contribution < -0.4 is 5.32 Å². The lowest BCUT2D eigenvalue weighted by molar-refractivity contribution is 0.548. The minimum atomic E-state index is 0.408. The third kappa shape index (κ3) is 3.41. The van der Waals surface area contributed by atoms with E-state index in [0.717, 1.165) is 12.8 Å². The molecule has 0 radical (unpaired) electrons. The molecule has 1 N–H and O–H groups in total. The number of aromatic nitrogens is 1. The zero-order valence-electron chi connectivity index (χ0n) is 11.1. The van der Waals surface area contributed by atoms with Gasteiger partial charge >= 0.3 is 0 Å². The molecule has 0 aliphatic heterocycles. The van der Waals surface area contributed by atoms with E-state index in [0.29, 0.717) is 6.04 Å². The van der Waals surface area contributed by atoms with Crippen LogP contribution in [0.5, 0.6) is 0 Å². The van der Waals surface area contributed by atoms with Crippen molar-refractivity contribution >= 4 is 0 Å². The van der Waals surface area contributed by atoms with Crippen molar-refractivity contribution in [2.45, 2.75) is 25.8 Å². The van der Waals surface area contributed by atoms with E-state index in [1.54, 1.807) is 0 Å². The average molecular weight is 240 g/mol. The maximum atomic E-state index is 4.15. The van der Waals surface area contributed by atoms with Gasteiger partial charge in [0.2, 0.25) is 0 Å². The van der Waals surface area contributed by atoms with E-state index >= 15 is 0 Å². The molecule has 2 rings (SSSR count). The summed E-state index contributed by atoms with van der Waals surface area (Å²) in [4.78, 5) is 4.15. The molecule has 1 unspecified atom stereocenters. The fourth-order valence-corrected chi connectivity index (χ4v) is 2.22. The molecule has 94 valence electrons. The van der Waals surface area contributed by atoms with Crippen molar-refractivity contribution in [3.8, 4) is 0 Å². The summed E-state index contributed by atoms with van der Waals surface area (Å²) < 4.78 is 0. The number of hydrogen-bond acceptors (Lipinski definition) is 2. The highest BCUT2D eigenvalue weighted by atomic mass is 14.9. The number of pyridine rings is 1. The molecule has 0 spiro atoms. The Hall–Kier alpha value is -1.67. The Bertz CT molecular complexity index is 479. The second-order valence-electron chi connectivity index (χ2n) is 4.66. The Balaban J connectivity index is 2.02. The average Bonchev–Trinajstić information content (AvgIpc) is 2.41.